The number of hydrogen-bond acceptors (Lipinski definition) is 5. The molecule has 0 aliphatic heterocycles. The number of nitrogens with zero attached hydrogens (tertiary/aromatic N) is 3. The van der Waals surface area contributed by atoms with Crippen LogP contribution in [0.3, 0.4) is 0 Å². The molecule has 0 saturated carbocycles. The SMILES string of the molecule is C=C(CC)c1nc(N)nc(N)n1. The zero-order valence-electron chi connectivity index (χ0n) is 6.91. The average Bonchev–Trinajstić information content (AvgIpc) is 2.01. The largest absolute Gasteiger partial charge is 0.368 e. The van der Waals surface area contributed by atoms with Crippen molar-refractivity contribution in [3.63, 3.8) is 0 Å². The van der Waals surface area contributed by atoms with Gasteiger partial charge in [0.2, 0.25) is 11.9 Å². The van der Waals surface area contributed by atoms with Gasteiger partial charge >= 0.3 is 0 Å². The lowest BCUT2D eigenvalue weighted by Gasteiger charge is -2.01. The van der Waals surface area contributed by atoms with Crippen molar-refractivity contribution in [2.24, 2.45) is 0 Å². The molecule has 1 aromatic rings. The van der Waals surface area contributed by atoms with E-state index in [4.69, 9.17) is 11.5 Å². The molecule has 5 nitrogen and oxygen atoms in total. The van der Waals surface area contributed by atoms with Gasteiger partial charge in [0.05, 0.1) is 0 Å². The molecule has 1 heterocycles. The van der Waals surface area contributed by atoms with Crippen molar-refractivity contribution < 1.29 is 0 Å². The Morgan fingerprint density at radius 1 is 1.25 bits per heavy atom. The van der Waals surface area contributed by atoms with Gasteiger partial charge in [-0.3, -0.25) is 0 Å². The van der Waals surface area contributed by atoms with Crippen LogP contribution in [0.2, 0.25) is 0 Å². The van der Waals surface area contributed by atoms with E-state index in [0.717, 1.165) is 12.0 Å². The Morgan fingerprint density at radius 2 is 1.75 bits per heavy atom. The van der Waals surface area contributed by atoms with Crippen molar-refractivity contribution >= 4 is 17.5 Å². The zero-order chi connectivity index (χ0) is 9.14. The first-order chi connectivity index (χ1) is 5.63. The van der Waals surface area contributed by atoms with Crippen molar-refractivity contribution in [3.05, 3.63) is 12.4 Å². The van der Waals surface area contributed by atoms with Crippen LogP contribution in [-0.4, -0.2) is 15.0 Å². The molecule has 0 radical (unpaired) electrons. The molecule has 0 fully saturated rings. The van der Waals surface area contributed by atoms with Gasteiger partial charge in [-0.05, 0) is 12.0 Å². The summed E-state index contributed by atoms with van der Waals surface area (Å²) in [6, 6.07) is 0. The lowest BCUT2D eigenvalue weighted by Crippen LogP contribution is -2.05. The first kappa shape index (κ1) is 8.45. The van der Waals surface area contributed by atoms with Crippen LogP contribution in [0.5, 0.6) is 0 Å². The molecular formula is C7H11N5. The molecule has 1 aromatic heterocycles. The molecule has 0 atom stereocenters. The van der Waals surface area contributed by atoms with Gasteiger partial charge in [-0.2, -0.15) is 15.0 Å². The molecule has 0 unspecified atom stereocenters. The standard InChI is InChI=1S/C7H11N5/c1-3-4(2)5-10-6(8)12-7(9)11-5/h2-3H2,1H3,(H4,8,9,10,11,12). The molecular weight excluding hydrogens is 154 g/mol. The van der Waals surface area contributed by atoms with Crippen molar-refractivity contribution in [1.82, 2.24) is 15.0 Å². The molecule has 0 spiro atoms. The van der Waals surface area contributed by atoms with Gasteiger partial charge in [0, 0.05) is 0 Å². The Labute approximate surface area is 70.5 Å². The van der Waals surface area contributed by atoms with E-state index in [1.54, 1.807) is 0 Å². The number of hydrogen-bond donors (Lipinski definition) is 2. The third-order valence-electron chi connectivity index (χ3n) is 1.41. The highest BCUT2D eigenvalue weighted by Gasteiger charge is 2.03. The van der Waals surface area contributed by atoms with Gasteiger partial charge < -0.3 is 11.5 Å². The predicted octanol–water partition coefficient (Wildman–Crippen LogP) is 0.459. The summed E-state index contributed by atoms with van der Waals surface area (Å²) in [5, 5.41) is 0. The highest BCUT2D eigenvalue weighted by atomic mass is 15.1. The maximum atomic E-state index is 5.37. The fourth-order valence-corrected chi connectivity index (χ4v) is 0.726. The monoisotopic (exact) mass is 165 g/mol. The van der Waals surface area contributed by atoms with E-state index in [-0.39, 0.29) is 11.9 Å². The molecule has 0 aliphatic rings. The highest BCUT2D eigenvalue weighted by molar-refractivity contribution is 5.57. The minimum absolute atomic E-state index is 0.132. The van der Waals surface area contributed by atoms with Gasteiger partial charge in [0.15, 0.2) is 5.82 Å². The Kier molecular flexibility index (Phi) is 2.23. The molecule has 0 bridgehead atoms. The van der Waals surface area contributed by atoms with Crippen LogP contribution in [0, 0.1) is 0 Å². The summed E-state index contributed by atoms with van der Waals surface area (Å²) < 4.78 is 0. The summed E-state index contributed by atoms with van der Waals surface area (Å²) in [6.07, 6.45) is 0.767. The molecule has 1 rings (SSSR count). The van der Waals surface area contributed by atoms with Crippen LogP contribution in [0.15, 0.2) is 6.58 Å². The third-order valence-corrected chi connectivity index (χ3v) is 1.41. The topological polar surface area (TPSA) is 90.7 Å². The Bertz CT molecular complexity index is 286. The maximum Gasteiger partial charge on any atom is 0.225 e. The smallest absolute Gasteiger partial charge is 0.225 e. The molecule has 5 heteroatoms. The molecule has 0 aromatic carbocycles. The minimum Gasteiger partial charge on any atom is -0.368 e. The van der Waals surface area contributed by atoms with Crippen LogP contribution in [-0.2, 0) is 0 Å². The minimum atomic E-state index is 0.132. The number of nitrogens with two attached hydrogens (primary N) is 2. The van der Waals surface area contributed by atoms with E-state index < -0.39 is 0 Å². The van der Waals surface area contributed by atoms with Gasteiger partial charge in [-0.25, -0.2) is 0 Å². The summed E-state index contributed by atoms with van der Waals surface area (Å²) in [5.74, 6) is 0.738. The fraction of sp³-hybridized carbons (Fsp3) is 0.286. The molecule has 64 valence electrons. The molecule has 0 saturated heterocycles. The third kappa shape index (κ3) is 1.69. The van der Waals surface area contributed by atoms with Crippen molar-refractivity contribution in [1.29, 1.82) is 0 Å². The quantitative estimate of drug-likeness (QED) is 0.664. The zero-order valence-corrected chi connectivity index (χ0v) is 6.91. The first-order valence-electron chi connectivity index (χ1n) is 3.58. The van der Waals surface area contributed by atoms with Crippen LogP contribution in [0.1, 0.15) is 19.2 Å². The summed E-state index contributed by atoms with van der Waals surface area (Å²) in [6.45, 7) is 5.72. The van der Waals surface area contributed by atoms with Crippen molar-refractivity contribution in [2.45, 2.75) is 13.3 Å². The lowest BCUT2D eigenvalue weighted by molar-refractivity contribution is 1.03. The fourth-order valence-electron chi connectivity index (χ4n) is 0.726. The van der Waals surface area contributed by atoms with E-state index in [9.17, 15) is 0 Å². The Balaban J connectivity index is 3.08. The number of allylic oxidation sites excluding steroid dienone is 1. The molecule has 0 amide bonds. The molecule has 0 aliphatic carbocycles. The van der Waals surface area contributed by atoms with Crippen LogP contribution < -0.4 is 11.5 Å². The van der Waals surface area contributed by atoms with Gasteiger partial charge in [0.25, 0.3) is 0 Å². The Hall–Kier alpha value is -1.65. The van der Waals surface area contributed by atoms with E-state index >= 15 is 0 Å². The second-order valence-corrected chi connectivity index (χ2v) is 2.33. The first-order valence-corrected chi connectivity index (χ1v) is 3.58. The van der Waals surface area contributed by atoms with Crippen LogP contribution in [0.25, 0.3) is 5.57 Å². The number of nitrogen functional groups attached to an aromatic ring is 2. The van der Waals surface area contributed by atoms with E-state index in [1.165, 1.54) is 0 Å². The van der Waals surface area contributed by atoms with Crippen molar-refractivity contribution in [2.75, 3.05) is 11.5 Å². The highest BCUT2D eigenvalue weighted by Crippen LogP contribution is 2.11. The number of rotatable bonds is 2. The van der Waals surface area contributed by atoms with Gasteiger partial charge in [0.1, 0.15) is 0 Å². The number of anilines is 2. The second kappa shape index (κ2) is 3.17. The van der Waals surface area contributed by atoms with Crippen LogP contribution in [0.4, 0.5) is 11.9 Å². The summed E-state index contributed by atoms with van der Waals surface area (Å²) in [7, 11) is 0. The van der Waals surface area contributed by atoms with Crippen molar-refractivity contribution in [3.8, 4) is 0 Å². The van der Waals surface area contributed by atoms with Gasteiger partial charge in [-0.1, -0.05) is 13.5 Å². The van der Waals surface area contributed by atoms with Gasteiger partial charge in [-0.15, -0.1) is 0 Å². The van der Waals surface area contributed by atoms with E-state index in [0.29, 0.717) is 5.82 Å². The summed E-state index contributed by atoms with van der Waals surface area (Å²) in [4.78, 5) is 11.4. The normalized spacial score (nSPS) is 9.75. The second-order valence-electron chi connectivity index (χ2n) is 2.33. The molecule has 4 N–H and O–H groups in total. The van der Waals surface area contributed by atoms with Crippen LogP contribution >= 0.6 is 0 Å². The predicted molar refractivity (Wildman–Crippen MR) is 48.0 cm³/mol. The average molecular weight is 165 g/mol. The van der Waals surface area contributed by atoms with E-state index in [1.807, 2.05) is 6.92 Å². The lowest BCUT2D eigenvalue weighted by atomic mass is 10.2. The summed E-state index contributed by atoms with van der Waals surface area (Å²) in [5.41, 5.74) is 11.5. The summed E-state index contributed by atoms with van der Waals surface area (Å²) >= 11 is 0. The Morgan fingerprint density at radius 3 is 2.17 bits per heavy atom. The number of aromatic nitrogens is 3. The maximum absolute atomic E-state index is 5.37. The van der Waals surface area contributed by atoms with E-state index in [2.05, 4.69) is 21.5 Å². The molecule has 12 heavy (non-hydrogen) atoms.